The predicted octanol–water partition coefficient (Wildman–Crippen LogP) is 2.78. The van der Waals surface area contributed by atoms with Crippen molar-refractivity contribution in [3.8, 4) is 0 Å². The minimum absolute atomic E-state index is 0.0218. The van der Waals surface area contributed by atoms with Crippen molar-refractivity contribution in [2.24, 2.45) is 0 Å². The molecule has 6 nitrogen and oxygen atoms in total. The lowest BCUT2D eigenvalue weighted by molar-refractivity contribution is 0.0826. The molecule has 0 saturated carbocycles. The number of carbonyl (C=O) groups is 1. The highest BCUT2D eigenvalue weighted by molar-refractivity contribution is 5.74. The molecule has 0 bridgehead atoms. The molecule has 0 unspecified atom stereocenters. The van der Waals surface area contributed by atoms with E-state index >= 15 is 0 Å². The summed E-state index contributed by atoms with van der Waals surface area (Å²) in [7, 11) is 0. The van der Waals surface area contributed by atoms with Crippen molar-refractivity contribution in [1.29, 1.82) is 0 Å². The molecule has 2 fully saturated rings. The molecule has 2 aliphatic rings. The quantitative estimate of drug-likeness (QED) is 0.860. The van der Waals surface area contributed by atoms with Gasteiger partial charge in [0.15, 0.2) is 0 Å². The van der Waals surface area contributed by atoms with Crippen LogP contribution in [0.1, 0.15) is 44.6 Å². The van der Waals surface area contributed by atoms with Crippen molar-refractivity contribution in [2.75, 3.05) is 37.7 Å². The highest BCUT2D eigenvalue weighted by Gasteiger charge is 2.22. The third-order valence-electron chi connectivity index (χ3n) is 5.07. The maximum atomic E-state index is 12.5. The van der Waals surface area contributed by atoms with Crippen molar-refractivity contribution in [3.05, 3.63) is 23.9 Å². The van der Waals surface area contributed by atoms with Gasteiger partial charge in [0.1, 0.15) is 5.82 Å². The van der Waals surface area contributed by atoms with E-state index in [-0.39, 0.29) is 12.1 Å². The summed E-state index contributed by atoms with van der Waals surface area (Å²) in [5.41, 5.74) is 1.09. The molecule has 0 spiro atoms. The molecule has 0 aliphatic carbocycles. The highest BCUT2D eigenvalue weighted by atomic mass is 16.5. The SMILES string of the molecule is CCN(C[C@@H]1CCCO1)C(=O)NCc1cccnc1N1CCCCC1. The number of nitrogens with zero attached hydrogens (tertiary/aromatic N) is 3. The van der Waals surface area contributed by atoms with Crippen molar-refractivity contribution in [1.82, 2.24) is 15.2 Å². The second-order valence-corrected chi connectivity index (χ2v) is 6.87. The molecule has 3 rings (SSSR count). The lowest BCUT2D eigenvalue weighted by atomic mass is 10.1. The summed E-state index contributed by atoms with van der Waals surface area (Å²) in [4.78, 5) is 21.3. The molecule has 0 aromatic carbocycles. The fourth-order valence-corrected chi connectivity index (χ4v) is 3.63. The molecule has 0 radical (unpaired) electrons. The Bertz CT molecular complexity index is 554. The van der Waals surface area contributed by atoms with Gasteiger partial charge in [-0.15, -0.1) is 0 Å². The number of hydrogen-bond acceptors (Lipinski definition) is 4. The summed E-state index contributed by atoms with van der Waals surface area (Å²) in [5.74, 6) is 1.02. The zero-order chi connectivity index (χ0) is 17.5. The van der Waals surface area contributed by atoms with Crippen LogP contribution >= 0.6 is 0 Å². The minimum atomic E-state index is -0.0218. The van der Waals surface area contributed by atoms with Crippen LogP contribution in [0.15, 0.2) is 18.3 Å². The van der Waals surface area contributed by atoms with E-state index in [0.29, 0.717) is 19.6 Å². The van der Waals surface area contributed by atoms with Gasteiger partial charge in [-0.25, -0.2) is 9.78 Å². The molecule has 2 aliphatic heterocycles. The normalized spacial score (nSPS) is 20.5. The van der Waals surface area contributed by atoms with Crippen LogP contribution in [0.5, 0.6) is 0 Å². The maximum absolute atomic E-state index is 12.5. The van der Waals surface area contributed by atoms with Crippen LogP contribution in [-0.4, -0.2) is 54.8 Å². The van der Waals surface area contributed by atoms with E-state index < -0.39 is 0 Å². The molecule has 2 amide bonds. The summed E-state index contributed by atoms with van der Waals surface area (Å²) in [6, 6.07) is 3.98. The molecule has 6 heteroatoms. The minimum Gasteiger partial charge on any atom is -0.376 e. The second-order valence-electron chi connectivity index (χ2n) is 6.87. The number of piperidine rings is 1. The molecule has 3 heterocycles. The first-order valence-corrected chi connectivity index (χ1v) is 9.61. The van der Waals surface area contributed by atoms with Crippen LogP contribution in [0.25, 0.3) is 0 Å². The first-order valence-electron chi connectivity index (χ1n) is 9.61. The van der Waals surface area contributed by atoms with Crippen molar-refractivity contribution in [2.45, 2.75) is 51.7 Å². The van der Waals surface area contributed by atoms with Crippen LogP contribution < -0.4 is 10.2 Å². The largest absolute Gasteiger partial charge is 0.376 e. The first kappa shape index (κ1) is 18.0. The Morgan fingerprint density at radius 2 is 2.20 bits per heavy atom. The summed E-state index contributed by atoms with van der Waals surface area (Å²) in [5, 5.41) is 3.07. The maximum Gasteiger partial charge on any atom is 0.317 e. The van der Waals surface area contributed by atoms with Gasteiger partial charge in [-0.05, 0) is 45.1 Å². The number of pyridine rings is 1. The summed E-state index contributed by atoms with van der Waals surface area (Å²) in [6.45, 7) is 6.82. The van der Waals surface area contributed by atoms with Crippen LogP contribution in [0.2, 0.25) is 0 Å². The average Bonchev–Trinajstić information content (AvgIpc) is 3.18. The van der Waals surface area contributed by atoms with Crippen molar-refractivity contribution >= 4 is 11.8 Å². The molecule has 25 heavy (non-hydrogen) atoms. The van der Waals surface area contributed by atoms with Crippen LogP contribution in [0, 0.1) is 0 Å². The number of hydrogen-bond donors (Lipinski definition) is 1. The molecule has 138 valence electrons. The van der Waals surface area contributed by atoms with Crippen LogP contribution in [-0.2, 0) is 11.3 Å². The number of nitrogens with one attached hydrogen (secondary N) is 1. The fraction of sp³-hybridized carbons (Fsp3) is 0.684. The van der Waals surface area contributed by atoms with E-state index in [1.165, 1.54) is 19.3 Å². The molecule has 2 saturated heterocycles. The third-order valence-corrected chi connectivity index (χ3v) is 5.07. The summed E-state index contributed by atoms with van der Waals surface area (Å²) in [6.07, 6.45) is 7.90. The van der Waals surface area contributed by atoms with Gasteiger partial charge >= 0.3 is 6.03 Å². The molecule has 1 aromatic rings. The van der Waals surface area contributed by atoms with E-state index in [9.17, 15) is 4.79 Å². The van der Waals surface area contributed by atoms with Gasteiger partial charge in [-0.1, -0.05) is 6.07 Å². The Balaban J connectivity index is 1.57. The molecular weight excluding hydrogens is 316 g/mol. The third kappa shape index (κ3) is 4.84. The van der Waals surface area contributed by atoms with Gasteiger partial charge in [0, 0.05) is 51.1 Å². The van der Waals surface area contributed by atoms with Gasteiger partial charge in [0.2, 0.25) is 0 Å². The number of likely N-dealkylation sites (N-methyl/N-ethyl adjacent to an activating group) is 1. The van der Waals surface area contributed by atoms with Gasteiger partial charge in [0.05, 0.1) is 6.10 Å². The van der Waals surface area contributed by atoms with Crippen LogP contribution in [0.4, 0.5) is 10.6 Å². The number of aromatic nitrogens is 1. The first-order chi connectivity index (χ1) is 12.3. The van der Waals surface area contributed by atoms with E-state index in [2.05, 4.69) is 21.3 Å². The monoisotopic (exact) mass is 346 g/mol. The second kappa shape index (κ2) is 9.04. The smallest absolute Gasteiger partial charge is 0.317 e. The van der Waals surface area contributed by atoms with E-state index in [4.69, 9.17) is 4.74 Å². The molecular formula is C19H30N4O2. The summed E-state index contributed by atoms with van der Waals surface area (Å²) < 4.78 is 5.66. The van der Waals surface area contributed by atoms with Crippen LogP contribution in [0.3, 0.4) is 0 Å². The van der Waals surface area contributed by atoms with Gasteiger partial charge in [-0.3, -0.25) is 0 Å². The Morgan fingerprint density at radius 3 is 2.92 bits per heavy atom. The molecule has 1 N–H and O–H groups in total. The Morgan fingerprint density at radius 1 is 1.36 bits per heavy atom. The van der Waals surface area contributed by atoms with Gasteiger partial charge in [0.25, 0.3) is 0 Å². The zero-order valence-electron chi connectivity index (χ0n) is 15.2. The zero-order valence-corrected chi connectivity index (χ0v) is 15.2. The van der Waals surface area contributed by atoms with E-state index in [1.807, 2.05) is 24.1 Å². The van der Waals surface area contributed by atoms with E-state index in [0.717, 1.165) is 43.9 Å². The average molecular weight is 346 g/mol. The lowest BCUT2D eigenvalue weighted by Gasteiger charge is -2.29. The topological polar surface area (TPSA) is 57.7 Å². The lowest BCUT2D eigenvalue weighted by Crippen LogP contribution is -2.43. The Hall–Kier alpha value is -1.82. The number of anilines is 1. The van der Waals surface area contributed by atoms with Crippen molar-refractivity contribution in [3.63, 3.8) is 0 Å². The Labute approximate surface area is 150 Å². The molecule has 1 atom stereocenters. The van der Waals surface area contributed by atoms with E-state index in [1.54, 1.807) is 0 Å². The highest BCUT2D eigenvalue weighted by Crippen LogP contribution is 2.21. The fourth-order valence-electron chi connectivity index (χ4n) is 3.63. The van der Waals surface area contributed by atoms with Gasteiger partial charge in [-0.2, -0.15) is 0 Å². The van der Waals surface area contributed by atoms with Crippen molar-refractivity contribution < 1.29 is 9.53 Å². The predicted molar refractivity (Wildman–Crippen MR) is 98.8 cm³/mol. The standard InChI is InChI=1S/C19H30N4O2/c1-2-22(15-17-9-7-13-25-17)19(24)21-14-16-8-6-10-20-18(16)23-11-4-3-5-12-23/h6,8,10,17H,2-5,7,9,11-15H2,1H3,(H,21,24)/t17-/m0/s1. The number of rotatable bonds is 6. The van der Waals surface area contributed by atoms with Gasteiger partial charge < -0.3 is 19.9 Å². The summed E-state index contributed by atoms with van der Waals surface area (Å²) >= 11 is 0. The number of carbonyl (C=O) groups excluding carboxylic acids is 1. The molecule has 1 aromatic heterocycles. The Kier molecular flexibility index (Phi) is 6.50. The number of amides is 2. The number of urea groups is 1. The number of ether oxygens (including phenoxy) is 1.